The zero-order valence-corrected chi connectivity index (χ0v) is 27.7. The largest absolute Gasteiger partial charge is 0.423 e. The summed E-state index contributed by atoms with van der Waals surface area (Å²) in [5.41, 5.74) is 5.42. The van der Waals surface area contributed by atoms with Crippen molar-refractivity contribution in [3.8, 4) is 11.5 Å². The Hall–Kier alpha value is -6.42. The third kappa shape index (κ3) is 6.35. The first-order chi connectivity index (χ1) is 25.2. The minimum Gasteiger partial charge on any atom is -0.423 e. The molecule has 52 heavy (non-hydrogen) atoms. The standard InChI is InChI=1S/C42H30O10/c43-37(29-13-19-33-35(21-29)41(47)51-39(33)45)49-31-15-9-27(10-16-31)25-5-1-23(2-6-25)24-3-7-26(8-4-24)28-11-17-32(18-12-28)50-38(44)30-14-20-34-36(22-30)42(48)52-40(34)46/h5,7,9-24H,1-4,6,8H2. The van der Waals surface area contributed by atoms with Gasteiger partial charge in [-0.05, 0) is 133 Å². The van der Waals surface area contributed by atoms with E-state index in [0.717, 1.165) is 49.7 Å². The van der Waals surface area contributed by atoms with E-state index in [-0.39, 0.29) is 33.4 Å². The van der Waals surface area contributed by atoms with Gasteiger partial charge in [-0.3, -0.25) is 0 Å². The van der Waals surface area contributed by atoms with Gasteiger partial charge in [0, 0.05) is 0 Å². The Bertz CT molecular complexity index is 2100. The summed E-state index contributed by atoms with van der Waals surface area (Å²) < 4.78 is 20.2. The molecule has 0 saturated heterocycles. The van der Waals surface area contributed by atoms with Crippen molar-refractivity contribution in [2.75, 3.05) is 0 Å². The van der Waals surface area contributed by atoms with Gasteiger partial charge < -0.3 is 18.9 Å². The van der Waals surface area contributed by atoms with Crippen LogP contribution >= 0.6 is 0 Å². The summed E-state index contributed by atoms with van der Waals surface area (Å²) >= 11 is 0. The van der Waals surface area contributed by atoms with Crippen LogP contribution in [0.1, 0.15) is 112 Å². The normalized spacial score (nSPS) is 19.2. The number of rotatable bonds is 7. The van der Waals surface area contributed by atoms with E-state index in [4.69, 9.17) is 9.47 Å². The molecule has 2 atom stereocenters. The molecule has 10 heteroatoms. The van der Waals surface area contributed by atoms with Gasteiger partial charge in [-0.1, -0.05) is 36.4 Å². The maximum atomic E-state index is 12.7. The molecule has 10 nitrogen and oxygen atoms in total. The molecule has 0 N–H and O–H groups in total. The molecule has 0 aromatic heterocycles. The lowest BCUT2D eigenvalue weighted by Gasteiger charge is -2.32. The van der Waals surface area contributed by atoms with Crippen molar-refractivity contribution in [3.05, 3.63) is 142 Å². The van der Waals surface area contributed by atoms with Crippen LogP contribution < -0.4 is 9.47 Å². The van der Waals surface area contributed by atoms with Crippen molar-refractivity contribution in [1.29, 1.82) is 0 Å². The van der Waals surface area contributed by atoms with Gasteiger partial charge >= 0.3 is 35.8 Å². The molecule has 0 spiro atoms. The zero-order valence-electron chi connectivity index (χ0n) is 27.7. The maximum absolute atomic E-state index is 12.7. The first-order valence-electron chi connectivity index (χ1n) is 17.0. The van der Waals surface area contributed by atoms with Crippen molar-refractivity contribution in [2.24, 2.45) is 11.8 Å². The molecule has 4 aliphatic rings. The summed E-state index contributed by atoms with van der Waals surface area (Å²) in [6.45, 7) is 0. The highest BCUT2D eigenvalue weighted by molar-refractivity contribution is 6.16. The molecule has 2 aliphatic carbocycles. The molecule has 0 bridgehead atoms. The van der Waals surface area contributed by atoms with Crippen molar-refractivity contribution in [3.63, 3.8) is 0 Å². The summed E-state index contributed by atoms with van der Waals surface area (Å²) in [5, 5.41) is 0. The number of cyclic esters (lactones) is 4. The Morgan fingerprint density at radius 3 is 1.25 bits per heavy atom. The highest BCUT2D eigenvalue weighted by atomic mass is 16.6. The van der Waals surface area contributed by atoms with Crippen molar-refractivity contribution in [2.45, 2.75) is 38.5 Å². The highest BCUT2D eigenvalue weighted by Gasteiger charge is 2.32. The van der Waals surface area contributed by atoms with Gasteiger partial charge in [0.05, 0.1) is 33.4 Å². The number of benzene rings is 4. The van der Waals surface area contributed by atoms with Gasteiger partial charge in [-0.25, -0.2) is 28.8 Å². The Morgan fingerprint density at radius 2 is 0.885 bits per heavy atom. The van der Waals surface area contributed by atoms with E-state index in [2.05, 4.69) is 21.6 Å². The number of ether oxygens (including phenoxy) is 4. The average Bonchev–Trinajstić information content (AvgIpc) is 3.63. The van der Waals surface area contributed by atoms with Gasteiger partial charge in [0.15, 0.2) is 0 Å². The van der Waals surface area contributed by atoms with Crippen molar-refractivity contribution >= 4 is 47.0 Å². The summed E-state index contributed by atoms with van der Waals surface area (Å²) in [6.07, 6.45) is 10.8. The molecule has 4 aromatic carbocycles. The SMILES string of the molecule is O=C(Oc1ccc(C2=CCC(C3CC=C(c4ccc(OC(=O)c5ccc6c(c5)C(=O)OC6=O)cc4)CC3)CC2)cc1)c1ccc2c(c1)C(=O)OC2=O. The summed E-state index contributed by atoms with van der Waals surface area (Å²) in [6, 6.07) is 23.1. The smallest absolute Gasteiger partial charge is 0.346 e. The van der Waals surface area contributed by atoms with E-state index >= 15 is 0 Å². The predicted molar refractivity (Wildman–Crippen MR) is 186 cm³/mol. The number of hydrogen-bond donors (Lipinski definition) is 0. The van der Waals surface area contributed by atoms with Crippen LogP contribution in [0.15, 0.2) is 97.1 Å². The van der Waals surface area contributed by atoms with E-state index < -0.39 is 35.8 Å². The third-order valence-electron chi connectivity index (χ3n) is 10.2. The lowest BCUT2D eigenvalue weighted by molar-refractivity contribution is 0.0425. The molecule has 8 rings (SSSR count). The van der Waals surface area contributed by atoms with Crippen LogP contribution in [-0.2, 0) is 9.47 Å². The van der Waals surface area contributed by atoms with Gasteiger partial charge in [0.2, 0.25) is 0 Å². The van der Waals surface area contributed by atoms with E-state index in [9.17, 15) is 28.8 Å². The lowest BCUT2D eigenvalue weighted by Crippen LogP contribution is -2.19. The van der Waals surface area contributed by atoms with Crippen LogP contribution in [0, 0.1) is 11.8 Å². The van der Waals surface area contributed by atoms with Gasteiger partial charge in [-0.15, -0.1) is 0 Å². The second-order valence-corrected chi connectivity index (χ2v) is 13.2. The molecular weight excluding hydrogens is 664 g/mol. The number of esters is 6. The van der Waals surface area contributed by atoms with E-state index in [0.29, 0.717) is 23.3 Å². The summed E-state index contributed by atoms with van der Waals surface area (Å²) in [5.74, 6) is -2.29. The van der Waals surface area contributed by atoms with Crippen LogP contribution in [0.5, 0.6) is 11.5 Å². The van der Waals surface area contributed by atoms with Gasteiger partial charge in [0.1, 0.15) is 11.5 Å². The lowest BCUT2D eigenvalue weighted by atomic mass is 9.73. The fourth-order valence-corrected chi connectivity index (χ4v) is 7.32. The fourth-order valence-electron chi connectivity index (χ4n) is 7.32. The number of hydrogen-bond acceptors (Lipinski definition) is 10. The van der Waals surface area contributed by atoms with E-state index in [1.54, 1.807) is 24.3 Å². The molecular formula is C42H30O10. The third-order valence-corrected chi connectivity index (χ3v) is 10.2. The van der Waals surface area contributed by atoms with Gasteiger partial charge in [0.25, 0.3) is 0 Å². The van der Waals surface area contributed by atoms with Crippen LogP contribution in [0.3, 0.4) is 0 Å². The molecule has 2 unspecified atom stereocenters. The monoisotopic (exact) mass is 694 g/mol. The second-order valence-electron chi connectivity index (χ2n) is 13.2. The van der Waals surface area contributed by atoms with Crippen LogP contribution in [0.2, 0.25) is 0 Å². The highest BCUT2D eigenvalue weighted by Crippen LogP contribution is 2.41. The van der Waals surface area contributed by atoms with Crippen LogP contribution in [-0.4, -0.2) is 35.8 Å². The average molecular weight is 695 g/mol. The quantitative estimate of drug-likeness (QED) is 0.107. The predicted octanol–water partition coefficient (Wildman–Crippen LogP) is 7.81. The Labute approximate surface area is 297 Å². The second kappa shape index (κ2) is 13.4. The molecule has 0 saturated carbocycles. The molecule has 4 aromatic rings. The number of fused-ring (bicyclic) bond motifs is 2. The zero-order chi connectivity index (χ0) is 35.9. The molecule has 0 amide bonds. The minimum absolute atomic E-state index is 0.0570. The Kier molecular flexibility index (Phi) is 8.42. The molecule has 258 valence electrons. The first kappa shape index (κ1) is 32.8. The first-order valence-corrected chi connectivity index (χ1v) is 17.0. The summed E-state index contributed by atoms with van der Waals surface area (Å²) in [4.78, 5) is 72.4. The van der Waals surface area contributed by atoms with Crippen molar-refractivity contribution < 1.29 is 47.7 Å². The van der Waals surface area contributed by atoms with Crippen molar-refractivity contribution in [1.82, 2.24) is 0 Å². The fraction of sp³-hybridized carbons (Fsp3) is 0.190. The molecule has 2 aliphatic heterocycles. The Morgan fingerprint density at radius 1 is 0.500 bits per heavy atom. The van der Waals surface area contributed by atoms with Crippen LogP contribution in [0.25, 0.3) is 11.1 Å². The number of carbonyl (C=O) groups excluding carboxylic acids is 6. The molecule has 0 radical (unpaired) electrons. The Balaban J connectivity index is 0.829. The topological polar surface area (TPSA) is 139 Å². The minimum atomic E-state index is -0.774. The number of allylic oxidation sites excluding steroid dienone is 4. The molecule has 0 fully saturated rings. The number of carbonyl (C=O) groups is 6. The maximum Gasteiger partial charge on any atom is 0.346 e. The summed E-state index contributed by atoms with van der Waals surface area (Å²) in [7, 11) is 0. The van der Waals surface area contributed by atoms with E-state index in [1.165, 1.54) is 47.5 Å². The van der Waals surface area contributed by atoms with Crippen LogP contribution in [0.4, 0.5) is 0 Å². The van der Waals surface area contributed by atoms with E-state index in [1.807, 2.05) is 24.3 Å². The van der Waals surface area contributed by atoms with Gasteiger partial charge in [-0.2, -0.15) is 0 Å². The molecule has 2 heterocycles.